The van der Waals surface area contributed by atoms with Gasteiger partial charge in [0.15, 0.2) is 11.5 Å². The van der Waals surface area contributed by atoms with Crippen LogP contribution in [0.15, 0.2) is 47.1 Å². The van der Waals surface area contributed by atoms with Gasteiger partial charge >= 0.3 is 0 Å². The number of piperidine rings is 1. The Morgan fingerprint density at radius 2 is 1.80 bits per heavy atom. The van der Waals surface area contributed by atoms with Crippen molar-refractivity contribution in [2.45, 2.75) is 19.8 Å². The first-order chi connectivity index (χ1) is 12.1. The van der Waals surface area contributed by atoms with Crippen LogP contribution in [0.3, 0.4) is 0 Å². The lowest BCUT2D eigenvalue weighted by Crippen LogP contribution is -2.41. The van der Waals surface area contributed by atoms with Crippen molar-refractivity contribution in [3.05, 3.63) is 54.0 Å². The van der Waals surface area contributed by atoms with Gasteiger partial charge in [-0.15, -0.1) is 0 Å². The predicted molar refractivity (Wildman–Crippen MR) is 92.4 cm³/mol. The Balaban J connectivity index is 1.59. The first-order valence-corrected chi connectivity index (χ1v) is 8.30. The lowest BCUT2D eigenvalue weighted by atomic mass is 9.95. The highest BCUT2D eigenvalue weighted by atomic mass is 16.3. The first kappa shape index (κ1) is 17.0. The molecule has 1 aliphatic rings. The normalized spacial score (nSPS) is 15.0. The molecule has 3 rings (SSSR count). The maximum atomic E-state index is 12.5. The van der Waals surface area contributed by atoms with Gasteiger partial charge in [0.05, 0.1) is 12.0 Å². The number of carbonyl (C=O) groups is 3. The van der Waals surface area contributed by atoms with Crippen molar-refractivity contribution in [1.29, 1.82) is 0 Å². The molecule has 1 aromatic heterocycles. The molecule has 0 saturated carbocycles. The number of likely N-dealkylation sites (tertiary alicyclic amines) is 1. The SMILES string of the molecule is CC(=O)c1ccccc1NC(=O)C1CCN(C(=O)c2ccco2)CC1. The smallest absolute Gasteiger partial charge is 0.289 e. The van der Waals surface area contributed by atoms with Crippen LogP contribution in [0, 0.1) is 5.92 Å². The number of hydrogen-bond donors (Lipinski definition) is 1. The standard InChI is InChI=1S/C19H20N2O4/c1-13(22)15-5-2-3-6-16(15)20-18(23)14-8-10-21(11-9-14)19(24)17-7-4-12-25-17/h2-7,12,14H,8-11H2,1H3,(H,20,23). The highest BCUT2D eigenvalue weighted by molar-refractivity contribution is 6.04. The Morgan fingerprint density at radius 1 is 1.08 bits per heavy atom. The number of nitrogens with one attached hydrogen (secondary N) is 1. The zero-order valence-corrected chi connectivity index (χ0v) is 14.0. The van der Waals surface area contributed by atoms with E-state index in [0.717, 1.165) is 0 Å². The average molecular weight is 340 g/mol. The molecule has 0 atom stereocenters. The Morgan fingerprint density at radius 3 is 2.44 bits per heavy atom. The van der Waals surface area contributed by atoms with E-state index >= 15 is 0 Å². The molecule has 6 nitrogen and oxygen atoms in total. The summed E-state index contributed by atoms with van der Waals surface area (Å²) in [6.45, 7) is 2.49. The number of furan rings is 1. The Hall–Kier alpha value is -2.89. The van der Waals surface area contributed by atoms with Crippen molar-refractivity contribution < 1.29 is 18.8 Å². The van der Waals surface area contributed by atoms with Crippen molar-refractivity contribution >= 4 is 23.3 Å². The third kappa shape index (κ3) is 3.79. The van der Waals surface area contributed by atoms with Gasteiger partial charge in [-0.25, -0.2) is 0 Å². The highest BCUT2D eigenvalue weighted by Gasteiger charge is 2.29. The molecule has 2 aromatic rings. The van der Waals surface area contributed by atoms with Crippen LogP contribution in [0.5, 0.6) is 0 Å². The summed E-state index contributed by atoms with van der Waals surface area (Å²) in [6.07, 6.45) is 2.64. The van der Waals surface area contributed by atoms with Crippen LogP contribution in [0.1, 0.15) is 40.7 Å². The lowest BCUT2D eigenvalue weighted by molar-refractivity contribution is -0.121. The number of hydrogen-bond acceptors (Lipinski definition) is 4. The van der Waals surface area contributed by atoms with E-state index in [1.807, 2.05) is 0 Å². The zero-order chi connectivity index (χ0) is 17.8. The number of benzene rings is 1. The van der Waals surface area contributed by atoms with Crippen LogP contribution in [0.2, 0.25) is 0 Å². The quantitative estimate of drug-likeness (QED) is 0.868. The van der Waals surface area contributed by atoms with Gasteiger partial charge in [-0.1, -0.05) is 12.1 Å². The molecule has 1 saturated heterocycles. The van der Waals surface area contributed by atoms with Gasteiger partial charge in [0.2, 0.25) is 5.91 Å². The minimum Gasteiger partial charge on any atom is -0.459 e. The molecule has 1 N–H and O–H groups in total. The molecule has 0 aliphatic carbocycles. The molecule has 0 radical (unpaired) electrons. The molecule has 25 heavy (non-hydrogen) atoms. The summed E-state index contributed by atoms with van der Waals surface area (Å²) >= 11 is 0. The molecule has 1 aromatic carbocycles. The number of ketones is 1. The molecule has 1 fully saturated rings. The number of para-hydroxylation sites is 1. The third-order valence-corrected chi connectivity index (χ3v) is 4.45. The minimum absolute atomic E-state index is 0.0882. The van der Waals surface area contributed by atoms with E-state index in [-0.39, 0.29) is 23.5 Å². The molecule has 2 heterocycles. The second-order valence-corrected chi connectivity index (χ2v) is 6.13. The van der Waals surface area contributed by atoms with Crippen molar-refractivity contribution in [2.75, 3.05) is 18.4 Å². The Kier molecular flexibility index (Phi) is 4.97. The Bertz CT molecular complexity index is 774. The summed E-state index contributed by atoms with van der Waals surface area (Å²) in [5.74, 6) is -0.210. The summed E-state index contributed by atoms with van der Waals surface area (Å²) in [7, 11) is 0. The summed E-state index contributed by atoms with van der Waals surface area (Å²) in [5, 5.41) is 2.85. The second-order valence-electron chi connectivity index (χ2n) is 6.13. The van der Waals surface area contributed by atoms with Crippen molar-refractivity contribution in [3.8, 4) is 0 Å². The number of anilines is 1. The first-order valence-electron chi connectivity index (χ1n) is 8.30. The van der Waals surface area contributed by atoms with E-state index in [0.29, 0.717) is 42.9 Å². The molecule has 0 bridgehead atoms. The second kappa shape index (κ2) is 7.34. The van der Waals surface area contributed by atoms with Crippen molar-refractivity contribution in [1.82, 2.24) is 4.90 Å². The minimum atomic E-state index is -0.180. The third-order valence-electron chi connectivity index (χ3n) is 4.45. The lowest BCUT2D eigenvalue weighted by Gasteiger charge is -2.30. The molecule has 6 heteroatoms. The van der Waals surface area contributed by atoms with E-state index in [4.69, 9.17) is 4.42 Å². The van der Waals surface area contributed by atoms with Crippen LogP contribution >= 0.6 is 0 Å². The van der Waals surface area contributed by atoms with Crippen LogP contribution in [0.25, 0.3) is 0 Å². The fraction of sp³-hybridized carbons (Fsp3) is 0.316. The van der Waals surface area contributed by atoms with Crippen LogP contribution in [-0.4, -0.2) is 35.6 Å². The monoisotopic (exact) mass is 340 g/mol. The van der Waals surface area contributed by atoms with E-state index in [2.05, 4.69) is 5.32 Å². The van der Waals surface area contributed by atoms with Crippen molar-refractivity contribution in [3.63, 3.8) is 0 Å². The predicted octanol–water partition coefficient (Wildman–Crippen LogP) is 2.97. The van der Waals surface area contributed by atoms with E-state index in [1.165, 1.54) is 13.2 Å². The highest BCUT2D eigenvalue weighted by Crippen LogP contribution is 2.22. The van der Waals surface area contributed by atoms with Gasteiger partial charge in [-0.3, -0.25) is 14.4 Å². The summed E-state index contributed by atoms with van der Waals surface area (Å²) in [4.78, 5) is 38.1. The Labute approximate surface area is 145 Å². The number of Topliss-reactive ketones (excluding diaryl/α,β-unsaturated/α-hetero) is 1. The molecule has 2 amide bonds. The topological polar surface area (TPSA) is 79.6 Å². The molecule has 130 valence electrons. The molecule has 0 spiro atoms. The number of carbonyl (C=O) groups excluding carboxylic acids is 3. The number of nitrogens with zero attached hydrogens (tertiary/aromatic N) is 1. The molecule has 1 aliphatic heterocycles. The van der Waals surface area contributed by atoms with Crippen LogP contribution in [-0.2, 0) is 4.79 Å². The average Bonchev–Trinajstić information content (AvgIpc) is 3.16. The maximum absolute atomic E-state index is 12.5. The van der Waals surface area contributed by atoms with Gasteiger partial charge in [0.1, 0.15) is 0 Å². The number of rotatable bonds is 4. The number of amides is 2. The maximum Gasteiger partial charge on any atom is 0.289 e. The summed E-state index contributed by atoms with van der Waals surface area (Å²) in [6, 6.07) is 10.3. The molecule has 0 unspecified atom stereocenters. The molecular weight excluding hydrogens is 320 g/mol. The van der Waals surface area contributed by atoms with Gasteiger partial charge in [0.25, 0.3) is 5.91 Å². The van der Waals surface area contributed by atoms with E-state index in [1.54, 1.807) is 41.3 Å². The zero-order valence-electron chi connectivity index (χ0n) is 14.0. The van der Waals surface area contributed by atoms with Gasteiger partial charge in [0, 0.05) is 24.6 Å². The van der Waals surface area contributed by atoms with Gasteiger partial charge < -0.3 is 14.6 Å². The fourth-order valence-electron chi connectivity index (χ4n) is 3.03. The largest absolute Gasteiger partial charge is 0.459 e. The molecular formula is C19H20N2O4. The fourth-order valence-corrected chi connectivity index (χ4v) is 3.03. The van der Waals surface area contributed by atoms with E-state index < -0.39 is 0 Å². The van der Waals surface area contributed by atoms with Gasteiger partial charge in [-0.2, -0.15) is 0 Å². The van der Waals surface area contributed by atoms with Crippen molar-refractivity contribution in [2.24, 2.45) is 5.92 Å². The van der Waals surface area contributed by atoms with E-state index in [9.17, 15) is 14.4 Å². The summed E-state index contributed by atoms with van der Waals surface area (Å²) < 4.78 is 5.13. The van der Waals surface area contributed by atoms with Gasteiger partial charge in [-0.05, 0) is 44.0 Å². The van der Waals surface area contributed by atoms with Crippen LogP contribution < -0.4 is 5.32 Å². The van der Waals surface area contributed by atoms with Crippen LogP contribution in [0.4, 0.5) is 5.69 Å². The summed E-state index contributed by atoms with van der Waals surface area (Å²) in [5.41, 5.74) is 1.04.